The van der Waals surface area contributed by atoms with E-state index in [1.165, 1.54) is 16.1 Å². The number of nitrogen functional groups attached to an aromatic ring is 1. The molecule has 2 N–H and O–H groups in total. The Kier molecular flexibility index (Phi) is 2.99. The third-order valence-electron chi connectivity index (χ3n) is 2.90. The number of hydrogen-bond donors (Lipinski definition) is 1. The van der Waals surface area contributed by atoms with E-state index in [2.05, 4.69) is 33.9 Å². The molecule has 0 saturated carbocycles. The molecule has 0 radical (unpaired) electrons. The Balaban J connectivity index is 1.90. The maximum Gasteiger partial charge on any atom is 0.0528 e. The highest BCUT2D eigenvalue weighted by molar-refractivity contribution is 7.99. The SMILES string of the molecule is Nc1ccc2c(c1)N(Cc1ccsc1)CCS2. The molecule has 3 rings (SSSR count). The highest BCUT2D eigenvalue weighted by atomic mass is 32.2. The molecule has 1 aliphatic rings. The van der Waals surface area contributed by atoms with E-state index in [-0.39, 0.29) is 0 Å². The first-order valence-corrected chi connectivity index (χ1v) is 7.54. The summed E-state index contributed by atoms with van der Waals surface area (Å²) in [5.74, 6) is 1.15. The fourth-order valence-corrected chi connectivity index (χ4v) is 3.75. The highest BCUT2D eigenvalue weighted by Crippen LogP contribution is 2.36. The Hall–Kier alpha value is -1.13. The highest BCUT2D eigenvalue weighted by Gasteiger charge is 2.17. The molecule has 0 spiro atoms. The molecular weight excluding hydrogens is 248 g/mol. The molecule has 0 atom stereocenters. The molecule has 0 bridgehead atoms. The van der Waals surface area contributed by atoms with Crippen LogP contribution in [0.3, 0.4) is 0 Å². The van der Waals surface area contributed by atoms with E-state index in [9.17, 15) is 0 Å². The minimum Gasteiger partial charge on any atom is -0.399 e. The van der Waals surface area contributed by atoms with Crippen molar-refractivity contribution in [1.29, 1.82) is 0 Å². The van der Waals surface area contributed by atoms with Gasteiger partial charge in [0.1, 0.15) is 0 Å². The van der Waals surface area contributed by atoms with Gasteiger partial charge >= 0.3 is 0 Å². The molecule has 1 aromatic heterocycles. The Labute approximate surface area is 109 Å². The van der Waals surface area contributed by atoms with E-state index in [0.717, 1.165) is 24.5 Å². The molecule has 2 nitrogen and oxygen atoms in total. The fourth-order valence-electron chi connectivity index (χ4n) is 2.06. The van der Waals surface area contributed by atoms with E-state index in [0.29, 0.717) is 0 Å². The monoisotopic (exact) mass is 262 g/mol. The minimum absolute atomic E-state index is 0.849. The molecule has 0 aliphatic carbocycles. The molecule has 1 aliphatic heterocycles. The van der Waals surface area contributed by atoms with E-state index >= 15 is 0 Å². The van der Waals surface area contributed by atoms with Crippen LogP contribution in [0.5, 0.6) is 0 Å². The zero-order chi connectivity index (χ0) is 11.7. The van der Waals surface area contributed by atoms with Gasteiger partial charge in [0.2, 0.25) is 0 Å². The van der Waals surface area contributed by atoms with Crippen LogP contribution in [0.25, 0.3) is 0 Å². The van der Waals surface area contributed by atoms with E-state index in [1.54, 1.807) is 11.3 Å². The maximum absolute atomic E-state index is 5.88. The average molecular weight is 262 g/mol. The number of anilines is 2. The van der Waals surface area contributed by atoms with Gasteiger partial charge in [-0.3, -0.25) is 0 Å². The first-order chi connectivity index (χ1) is 8.33. The number of hydrogen-bond acceptors (Lipinski definition) is 4. The van der Waals surface area contributed by atoms with Crippen molar-refractivity contribution in [3.8, 4) is 0 Å². The van der Waals surface area contributed by atoms with Crippen molar-refractivity contribution in [2.75, 3.05) is 22.9 Å². The molecule has 0 amide bonds. The van der Waals surface area contributed by atoms with Gasteiger partial charge in [0.25, 0.3) is 0 Å². The van der Waals surface area contributed by atoms with Gasteiger partial charge in [0.15, 0.2) is 0 Å². The second-order valence-electron chi connectivity index (χ2n) is 4.13. The number of rotatable bonds is 2. The van der Waals surface area contributed by atoms with Crippen LogP contribution in [0.15, 0.2) is 39.9 Å². The Morgan fingerprint density at radius 3 is 3.06 bits per heavy atom. The number of thioether (sulfide) groups is 1. The van der Waals surface area contributed by atoms with Gasteiger partial charge in [-0.25, -0.2) is 0 Å². The van der Waals surface area contributed by atoms with Crippen molar-refractivity contribution in [2.45, 2.75) is 11.4 Å². The quantitative estimate of drug-likeness (QED) is 0.841. The summed E-state index contributed by atoms with van der Waals surface area (Å²) >= 11 is 3.68. The van der Waals surface area contributed by atoms with Gasteiger partial charge in [-0.2, -0.15) is 11.3 Å². The second-order valence-corrected chi connectivity index (χ2v) is 6.05. The Morgan fingerprint density at radius 1 is 1.29 bits per heavy atom. The lowest BCUT2D eigenvalue weighted by Crippen LogP contribution is -2.28. The van der Waals surface area contributed by atoms with Crippen LogP contribution >= 0.6 is 23.1 Å². The zero-order valence-electron chi connectivity index (χ0n) is 9.43. The van der Waals surface area contributed by atoms with Gasteiger partial charge in [-0.15, -0.1) is 11.8 Å². The first-order valence-electron chi connectivity index (χ1n) is 5.61. The summed E-state index contributed by atoms with van der Waals surface area (Å²) in [4.78, 5) is 3.77. The average Bonchev–Trinajstić information content (AvgIpc) is 2.83. The van der Waals surface area contributed by atoms with Crippen LogP contribution in [0.4, 0.5) is 11.4 Å². The number of thiophene rings is 1. The number of benzene rings is 1. The standard InChI is InChI=1S/C13H14N2S2/c14-11-1-2-13-12(7-11)15(4-6-17-13)8-10-3-5-16-9-10/h1-3,5,7,9H,4,6,8,14H2. The van der Waals surface area contributed by atoms with Crippen molar-refractivity contribution in [1.82, 2.24) is 0 Å². The molecule has 0 saturated heterocycles. The van der Waals surface area contributed by atoms with Crippen molar-refractivity contribution in [3.05, 3.63) is 40.6 Å². The summed E-state index contributed by atoms with van der Waals surface area (Å²) < 4.78 is 0. The van der Waals surface area contributed by atoms with Crippen LogP contribution in [0.2, 0.25) is 0 Å². The molecule has 1 aromatic carbocycles. The molecule has 17 heavy (non-hydrogen) atoms. The van der Waals surface area contributed by atoms with Crippen LogP contribution in [0.1, 0.15) is 5.56 Å². The van der Waals surface area contributed by atoms with Crippen LogP contribution in [-0.2, 0) is 6.54 Å². The van der Waals surface area contributed by atoms with E-state index in [4.69, 9.17) is 5.73 Å². The molecule has 2 heterocycles. The third-order valence-corrected chi connectivity index (χ3v) is 4.67. The zero-order valence-corrected chi connectivity index (χ0v) is 11.1. The molecule has 0 fully saturated rings. The Bertz CT molecular complexity index is 508. The van der Waals surface area contributed by atoms with Gasteiger partial charge in [-0.05, 0) is 40.6 Å². The fraction of sp³-hybridized carbons (Fsp3) is 0.231. The van der Waals surface area contributed by atoms with E-state index < -0.39 is 0 Å². The molecule has 2 aromatic rings. The third kappa shape index (κ3) is 2.28. The van der Waals surface area contributed by atoms with Crippen molar-refractivity contribution in [3.63, 3.8) is 0 Å². The largest absolute Gasteiger partial charge is 0.399 e. The summed E-state index contributed by atoms with van der Waals surface area (Å²) in [5.41, 5.74) is 9.40. The lowest BCUT2D eigenvalue weighted by Gasteiger charge is -2.30. The Morgan fingerprint density at radius 2 is 2.24 bits per heavy atom. The van der Waals surface area contributed by atoms with Crippen LogP contribution < -0.4 is 10.6 Å². The summed E-state index contributed by atoms with van der Waals surface area (Å²) in [6.07, 6.45) is 0. The van der Waals surface area contributed by atoms with Gasteiger partial charge in [0.05, 0.1) is 5.69 Å². The summed E-state index contributed by atoms with van der Waals surface area (Å²) in [6.45, 7) is 2.08. The molecule has 0 unspecified atom stereocenters. The second kappa shape index (κ2) is 4.63. The smallest absolute Gasteiger partial charge is 0.0528 e. The predicted molar refractivity (Wildman–Crippen MR) is 76.9 cm³/mol. The van der Waals surface area contributed by atoms with Crippen molar-refractivity contribution in [2.24, 2.45) is 0 Å². The molecule has 88 valence electrons. The van der Waals surface area contributed by atoms with Gasteiger partial charge < -0.3 is 10.6 Å². The van der Waals surface area contributed by atoms with E-state index in [1.807, 2.05) is 17.8 Å². The van der Waals surface area contributed by atoms with Gasteiger partial charge in [0, 0.05) is 29.4 Å². The summed E-state index contributed by atoms with van der Waals surface area (Å²) in [6, 6.07) is 8.40. The molecular formula is C13H14N2S2. The maximum atomic E-state index is 5.88. The lowest BCUT2D eigenvalue weighted by molar-refractivity contribution is 0.820. The normalized spacial score (nSPS) is 14.7. The first kappa shape index (κ1) is 11.0. The topological polar surface area (TPSA) is 29.3 Å². The molecule has 4 heteroatoms. The predicted octanol–water partition coefficient (Wildman–Crippen LogP) is 3.44. The lowest BCUT2D eigenvalue weighted by atomic mass is 10.2. The van der Waals surface area contributed by atoms with Crippen molar-refractivity contribution < 1.29 is 0 Å². The summed E-state index contributed by atoms with van der Waals surface area (Å²) in [7, 11) is 0. The number of fused-ring (bicyclic) bond motifs is 1. The minimum atomic E-state index is 0.849. The van der Waals surface area contributed by atoms with Gasteiger partial charge in [-0.1, -0.05) is 0 Å². The van der Waals surface area contributed by atoms with Crippen LogP contribution in [0, 0.1) is 0 Å². The number of nitrogens with two attached hydrogens (primary N) is 1. The van der Waals surface area contributed by atoms with Crippen LogP contribution in [-0.4, -0.2) is 12.3 Å². The number of nitrogens with zero attached hydrogens (tertiary/aromatic N) is 1. The van der Waals surface area contributed by atoms with Crippen molar-refractivity contribution >= 4 is 34.5 Å². The summed E-state index contributed by atoms with van der Waals surface area (Å²) in [5, 5.41) is 4.35.